The normalized spacial score (nSPS) is 16.9. The van der Waals surface area contributed by atoms with Crippen molar-refractivity contribution < 1.29 is 9.21 Å². The second-order valence-electron chi connectivity index (χ2n) is 8.89. The number of amides is 1. The molecule has 1 N–H and O–H groups in total. The summed E-state index contributed by atoms with van der Waals surface area (Å²) in [4.78, 5) is 21.5. The Bertz CT molecular complexity index is 1360. The van der Waals surface area contributed by atoms with Crippen LogP contribution in [0, 0.1) is 0 Å². The first kappa shape index (κ1) is 22.0. The average molecular weight is 485 g/mol. The Hall–Kier alpha value is -3.45. The molecular formula is C28H25ClN4O2. The van der Waals surface area contributed by atoms with Gasteiger partial charge in [0.2, 0.25) is 0 Å². The molecule has 0 saturated carbocycles. The number of rotatable bonds is 5. The van der Waals surface area contributed by atoms with Gasteiger partial charge in [-0.2, -0.15) is 0 Å². The van der Waals surface area contributed by atoms with Gasteiger partial charge in [-0.1, -0.05) is 35.9 Å². The predicted octanol–water partition coefficient (Wildman–Crippen LogP) is 5.15. The second kappa shape index (κ2) is 9.30. The summed E-state index contributed by atoms with van der Waals surface area (Å²) in [5.74, 6) is 1.60. The Labute approximate surface area is 209 Å². The first-order valence-electron chi connectivity index (χ1n) is 11.8. The van der Waals surface area contributed by atoms with Crippen LogP contribution in [-0.4, -0.2) is 42.0 Å². The highest BCUT2D eigenvalue weighted by atomic mass is 35.5. The monoisotopic (exact) mass is 484 g/mol. The van der Waals surface area contributed by atoms with Crippen molar-refractivity contribution in [1.82, 2.24) is 15.2 Å². The lowest BCUT2D eigenvalue weighted by Crippen LogP contribution is -2.45. The minimum atomic E-state index is -0.0701. The van der Waals surface area contributed by atoms with Crippen LogP contribution in [0.15, 0.2) is 83.5 Å². The largest absolute Gasteiger partial charge is 0.459 e. The van der Waals surface area contributed by atoms with Crippen LogP contribution < -0.4 is 10.2 Å². The van der Waals surface area contributed by atoms with E-state index in [-0.39, 0.29) is 11.9 Å². The highest BCUT2D eigenvalue weighted by Crippen LogP contribution is 2.36. The van der Waals surface area contributed by atoms with E-state index in [0.717, 1.165) is 60.1 Å². The molecule has 0 spiro atoms. The standard InChI is InChI=1S/C28H25ClN4O2/c29-23-6-2-4-21-18-33(28(34)26(21)23)22-5-1-3-20(17-22)24-7-8-25(35-24)27(19-9-11-30-12-10-19)32-15-13-31-14-16-32/h1-12,17,27,31H,13-16,18H2. The minimum absolute atomic E-state index is 0.0221. The summed E-state index contributed by atoms with van der Waals surface area (Å²) in [7, 11) is 0. The fourth-order valence-electron chi connectivity index (χ4n) is 5.05. The third-order valence-corrected chi connectivity index (χ3v) is 7.08. The van der Waals surface area contributed by atoms with Crippen LogP contribution in [0.4, 0.5) is 5.69 Å². The van der Waals surface area contributed by atoms with Gasteiger partial charge in [0.25, 0.3) is 5.91 Å². The molecule has 2 aliphatic rings. The van der Waals surface area contributed by atoms with E-state index in [0.29, 0.717) is 17.1 Å². The first-order chi connectivity index (χ1) is 17.2. The molecule has 6 rings (SSSR count). The summed E-state index contributed by atoms with van der Waals surface area (Å²) in [5, 5.41) is 3.92. The fourth-order valence-corrected chi connectivity index (χ4v) is 5.32. The quantitative estimate of drug-likeness (QED) is 0.424. The van der Waals surface area contributed by atoms with Crippen molar-refractivity contribution in [2.75, 3.05) is 31.1 Å². The SMILES string of the molecule is O=C1c2c(Cl)cccc2CN1c1cccc(-c2ccc(C(c3ccncc3)N3CCNCC3)o2)c1. The molecule has 1 unspecified atom stereocenters. The van der Waals surface area contributed by atoms with E-state index in [2.05, 4.69) is 33.4 Å². The molecule has 4 heterocycles. The van der Waals surface area contributed by atoms with Crippen molar-refractivity contribution in [2.45, 2.75) is 12.6 Å². The van der Waals surface area contributed by atoms with Crippen LogP contribution in [0.25, 0.3) is 11.3 Å². The maximum Gasteiger partial charge on any atom is 0.260 e. The maximum absolute atomic E-state index is 13.1. The highest BCUT2D eigenvalue weighted by molar-refractivity contribution is 6.35. The zero-order valence-corrected chi connectivity index (χ0v) is 19.9. The second-order valence-corrected chi connectivity index (χ2v) is 9.29. The number of nitrogens with zero attached hydrogens (tertiary/aromatic N) is 3. The number of furan rings is 1. The van der Waals surface area contributed by atoms with Crippen molar-refractivity contribution >= 4 is 23.2 Å². The molecule has 2 aromatic carbocycles. The first-order valence-corrected chi connectivity index (χ1v) is 12.2. The van der Waals surface area contributed by atoms with Gasteiger partial charge >= 0.3 is 0 Å². The Balaban J connectivity index is 1.31. The van der Waals surface area contributed by atoms with E-state index in [9.17, 15) is 4.79 Å². The van der Waals surface area contributed by atoms with Gasteiger partial charge in [-0.15, -0.1) is 0 Å². The number of piperazine rings is 1. The molecule has 0 bridgehead atoms. The number of pyridine rings is 1. The minimum Gasteiger partial charge on any atom is -0.459 e. The topological polar surface area (TPSA) is 61.6 Å². The molecule has 1 atom stereocenters. The molecular weight excluding hydrogens is 460 g/mol. The zero-order chi connectivity index (χ0) is 23.8. The van der Waals surface area contributed by atoms with Crippen molar-refractivity contribution in [2.24, 2.45) is 0 Å². The van der Waals surface area contributed by atoms with Gasteiger partial charge in [0.05, 0.1) is 23.2 Å². The van der Waals surface area contributed by atoms with Crippen LogP contribution >= 0.6 is 11.6 Å². The summed E-state index contributed by atoms with van der Waals surface area (Å²) in [6, 6.07) is 21.7. The number of benzene rings is 2. The lowest BCUT2D eigenvalue weighted by molar-refractivity contribution is 0.0997. The van der Waals surface area contributed by atoms with Crippen LogP contribution in [0.5, 0.6) is 0 Å². The Morgan fingerprint density at radius 1 is 0.971 bits per heavy atom. The van der Waals surface area contributed by atoms with Crippen molar-refractivity contribution in [3.63, 3.8) is 0 Å². The van der Waals surface area contributed by atoms with Crippen molar-refractivity contribution in [3.05, 3.63) is 107 Å². The summed E-state index contributed by atoms with van der Waals surface area (Å²) in [6.07, 6.45) is 3.66. The number of nitrogens with one attached hydrogen (secondary N) is 1. The smallest absolute Gasteiger partial charge is 0.260 e. The van der Waals surface area contributed by atoms with Crippen LogP contribution in [0.2, 0.25) is 5.02 Å². The lowest BCUT2D eigenvalue weighted by Gasteiger charge is -2.34. The van der Waals surface area contributed by atoms with Gasteiger partial charge in [0.15, 0.2) is 0 Å². The summed E-state index contributed by atoms with van der Waals surface area (Å²) < 4.78 is 6.46. The Kier molecular flexibility index (Phi) is 5.86. The fraction of sp³-hybridized carbons (Fsp3) is 0.214. The number of halogens is 1. The Morgan fingerprint density at radius 2 is 1.77 bits per heavy atom. The predicted molar refractivity (Wildman–Crippen MR) is 137 cm³/mol. The molecule has 0 aliphatic carbocycles. The lowest BCUT2D eigenvalue weighted by atomic mass is 10.0. The van der Waals surface area contributed by atoms with E-state index < -0.39 is 0 Å². The molecule has 1 fully saturated rings. The molecule has 6 nitrogen and oxygen atoms in total. The summed E-state index contributed by atoms with van der Waals surface area (Å²) >= 11 is 6.32. The number of hydrogen-bond donors (Lipinski definition) is 1. The van der Waals surface area contributed by atoms with Gasteiger partial charge in [-0.3, -0.25) is 14.7 Å². The summed E-state index contributed by atoms with van der Waals surface area (Å²) in [6.45, 7) is 4.30. The molecule has 35 heavy (non-hydrogen) atoms. The van der Waals surface area contributed by atoms with Crippen molar-refractivity contribution in [1.29, 1.82) is 0 Å². The number of fused-ring (bicyclic) bond motifs is 1. The zero-order valence-electron chi connectivity index (χ0n) is 19.2. The third kappa shape index (κ3) is 4.14. The molecule has 7 heteroatoms. The molecule has 2 aromatic heterocycles. The molecule has 0 radical (unpaired) electrons. The highest BCUT2D eigenvalue weighted by Gasteiger charge is 2.31. The molecule has 1 amide bonds. The van der Waals surface area contributed by atoms with Crippen LogP contribution in [0.1, 0.15) is 33.3 Å². The summed E-state index contributed by atoms with van der Waals surface area (Å²) in [5.41, 5.74) is 4.46. The number of carbonyl (C=O) groups excluding carboxylic acids is 1. The Morgan fingerprint density at radius 3 is 2.57 bits per heavy atom. The van der Waals surface area contributed by atoms with Gasteiger partial charge < -0.3 is 14.6 Å². The van der Waals surface area contributed by atoms with Crippen molar-refractivity contribution in [3.8, 4) is 11.3 Å². The molecule has 176 valence electrons. The number of hydrogen-bond acceptors (Lipinski definition) is 5. The number of aromatic nitrogens is 1. The van der Waals surface area contributed by atoms with E-state index in [1.807, 2.05) is 54.9 Å². The van der Waals surface area contributed by atoms with Crippen LogP contribution in [0.3, 0.4) is 0 Å². The van der Waals surface area contributed by atoms with Gasteiger partial charge in [0, 0.05) is 49.8 Å². The van der Waals surface area contributed by atoms with Gasteiger partial charge in [0.1, 0.15) is 11.5 Å². The van der Waals surface area contributed by atoms with E-state index in [4.69, 9.17) is 16.0 Å². The molecule has 1 saturated heterocycles. The number of anilines is 1. The van der Waals surface area contributed by atoms with Gasteiger partial charge in [-0.25, -0.2) is 0 Å². The van der Waals surface area contributed by atoms with E-state index in [1.165, 1.54) is 0 Å². The van der Waals surface area contributed by atoms with E-state index in [1.54, 1.807) is 11.0 Å². The van der Waals surface area contributed by atoms with Gasteiger partial charge in [-0.05, 0) is 53.6 Å². The average Bonchev–Trinajstić information content (AvgIpc) is 3.51. The molecule has 2 aliphatic heterocycles. The van der Waals surface area contributed by atoms with Crippen LogP contribution in [-0.2, 0) is 6.54 Å². The maximum atomic E-state index is 13.1. The third-order valence-electron chi connectivity index (χ3n) is 6.76. The molecule has 4 aromatic rings. The number of carbonyl (C=O) groups is 1. The van der Waals surface area contributed by atoms with E-state index >= 15 is 0 Å².